The van der Waals surface area contributed by atoms with Crippen molar-refractivity contribution in [2.75, 3.05) is 4.90 Å². The van der Waals surface area contributed by atoms with Gasteiger partial charge in [-0.25, -0.2) is 9.69 Å². The van der Waals surface area contributed by atoms with E-state index in [1.54, 1.807) is 24.3 Å². The van der Waals surface area contributed by atoms with E-state index in [4.69, 9.17) is 14.2 Å². The number of carbonyl (C=O) groups excluding carboxylic acids is 2. The van der Waals surface area contributed by atoms with Gasteiger partial charge in [0.25, 0.3) is 0 Å². The van der Waals surface area contributed by atoms with Gasteiger partial charge in [-0.05, 0) is 67.1 Å². The molecule has 0 aliphatic carbocycles. The van der Waals surface area contributed by atoms with Gasteiger partial charge < -0.3 is 14.2 Å². The van der Waals surface area contributed by atoms with E-state index >= 15 is 0 Å². The van der Waals surface area contributed by atoms with E-state index in [-0.39, 0.29) is 23.4 Å². The van der Waals surface area contributed by atoms with E-state index < -0.39 is 6.09 Å². The number of benzene rings is 4. The average molecular weight is 502 g/mol. The summed E-state index contributed by atoms with van der Waals surface area (Å²) in [6.45, 7) is 1.92. The van der Waals surface area contributed by atoms with Gasteiger partial charge in [0.15, 0.2) is 5.76 Å². The predicted octanol–water partition coefficient (Wildman–Crippen LogP) is 7.35. The van der Waals surface area contributed by atoms with Crippen LogP contribution in [0.1, 0.15) is 22.8 Å². The van der Waals surface area contributed by atoms with E-state index in [0.717, 1.165) is 16.9 Å². The Morgan fingerprint density at radius 2 is 1.50 bits per heavy atom. The molecule has 0 saturated carbocycles. The van der Waals surface area contributed by atoms with Crippen molar-refractivity contribution in [1.82, 2.24) is 0 Å². The Balaban J connectivity index is 1.25. The Morgan fingerprint density at radius 1 is 0.842 bits per heavy atom. The van der Waals surface area contributed by atoms with Crippen molar-refractivity contribution in [3.63, 3.8) is 0 Å². The third-order valence-electron chi connectivity index (χ3n) is 6.37. The molecule has 6 heteroatoms. The van der Waals surface area contributed by atoms with Gasteiger partial charge in [-0.1, -0.05) is 54.6 Å². The average Bonchev–Trinajstić information content (AvgIpc) is 3.24. The highest BCUT2D eigenvalue weighted by Gasteiger charge is 2.30. The zero-order valence-corrected chi connectivity index (χ0v) is 20.5. The van der Waals surface area contributed by atoms with Crippen LogP contribution in [0.4, 0.5) is 16.2 Å². The van der Waals surface area contributed by atoms with E-state index in [1.807, 2.05) is 97.9 Å². The van der Waals surface area contributed by atoms with Crippen LogP contribution in [-0.4, -0.2) is 18.0 Å². The summed E-state index contributed by atoms with van der Waals surface area (Å²) in [6.07, 6.45) is 2.88. The molecule has 4 aromatic rings. The molecule has 38 heavy (non-hydrogen) atoms. The zero-order valence-electron chi connectivity index (χ0n) is 20.5. The Bertz CT molecular complexity index is 1550. The van der Waals surface area contributed by atoms with Gasteiger partial charge in [0.1, 0.15) is 23.4 Å². The first-order valence-corrected chi connectivity index (χ1v) is 12.2. The van der Waals surface area contributed by atoms with Crippen LogP contribution in [-0.2, 0) is 0 Å². The topological polar surface area (TPSA) is 65.1 Å². The Morgan fingerprint density at radius 3 is 2.21 bits per heavy atom. The molecule has 1 atom stereocenters. The molecule has 2 aliphatic rings. The second-order valence-electron chi connectivity index (χ2n) is 8.91. The van der Waals surface area contributed by atoms with Gasteiger partial charge >= 0.3 is 6.09 Å². The van der Waals surface area contributed by atoms with Crippen molar-refractivity contribution in [1.29, 1.82) is 0 Å². The predicted molar refractivity (Wildman–Crippen MR) is 145 cm³/mol. The summed E-state index contributed by atoms with van der Waals surface area (Å²) in [6, 6.07) is 31.0. The van der Waals surface area contributed by atoms with Gasteiger partial charge in [0, 0.05) is 11.6 Å². The Labute approximate surface area is 220 Å². The van der Waals surface area contributed by atoms with Gasteiger partial charge in [-0.3, -0.25) is 4.79 Å². The highest BCUT2D eigenvalue weighted by atomic mass is 16.6. The summed E-state index contributed by atoms with van der Waals surface area (Å²) in [4.78, 5) is 27.8. The molecule has 4 aromatic carbocycles. The monoisotopic (exact) mass is 501 g/mol. The van der Waals surface area contributed by atoms with Crippen LogP contribution in [0, 0.1) is 0 Å². The van der Waals surface area contributed by atoms with Crippen molar-refractivity contribution in [2.45, 2.75) is 13.0 Å². The first-order valence-electron chi connectivity index (χ1n) is 12.2. The standard InChI is InChI=1S/C32H23NO5/c1-21-23(18-22-10-8-9-15-28(22)36-21)19-30-31(34)27-17-16-26(20-29(27)38-30)37-32(35)33(24-11-4-2-5-12-24)25-13-6-3-7-14-25/h2-21H,1H3/b30-19+/t21-/m0/s1. The molecule has 6 rings (SSSR count). The molecule has 0 bridgehead atoms. The maximum Gasteiger partial charge on any atom is 0.424 e. The molecule has 186 valence electrons. The summed E-state index contributed by atoms with van der Waals surface area (Å²) < 4.78 is 17.6. The van der Waals surface area contributed by atoms with Crippen LogP contribution in [0.2, 0.25) is 0 Å². The lowest BCUT2D eigenvalue weighted by molar-refractivity contribution is 0.101. The largest absolute Gasteiger partial charge is 0.485 e. The minimum atomic E-state index is -0.584. The van der Waals surface area contributed by atoms with Crippen LogP contribution in [0.15, 0.2) is 121 Å². The van der Waals surface area contributed by atoms with Gasteiger partial charge in [0.05, 0.1) is 16.9 Å². The number of anilines is 2. The normalized spacial score (nSPS) is 16.6. The van der Waals surface area contributed by atoms with E-state index in [9.17, 15) is 9.59 Å². The van der Waals surface area contributed by atoms with Crippen LogP contribution in [0.5, 0.6) is 17.2 Å². The number of hydrogen-bond donors (Lipinski definition) is 0. The maximum absolute atomic E-state index is 13.3. The Hall–Kier alpha value is -5.10. The number of ketones is 1. The summed E-state index contributed by atoms with van der Waals surface area (Å²) in [5.41, 5.74) is 3.51. The lowest BCUT2D eigenvalue weighted by Crippen LogP contribution is -2.29. The van der Waals surface area contributed by atoms with Crippen molar-refractivity contribution in [3.8, 4) is 17.2 Å². The fourth-order valence-electron chi connectivity index (χ4n) is 4.46. The summed E-state index contributed by atoms with van der Waals surface area (Å²) in [5, 5.41) is 0. The van der Waals surface area contributed by atoms with E-state index in [1.165, 1.54) is 4.90 Å². The molecular formula is C32H23NO5. The van der Waals surface area contributed by atoms with Crippen molar-refractivity contribution >= 4 is 29.3 Å². The second kappa shape index (κ2) is 9.75. The number of fused-ring (bicyclic) bond motifs is 2. The number of allylic oxidation sites excluding steroid dienone is 1. The van der Waals surface area contributed by atoms with E-state index in [0.29, 0.717) is 22.7 Å². The molecule has 0 N–H and O–H groups in total. The minimum absolute atomic E-state index is 0.194. The van der Waals surface area contributed by atoms with Gasteiger partial charge in [0.2, 0.25) is 5.78 Å². The summed E-state index contributed by atoms with van der Waals surface area (Å²) in [5.74, 6) is 1.36. The summed E-state index contributed by atoms with van der Waals surface area (Å²) in [7, 11) is 0. The molecular weight excluding hydrogens is 478 g/mol. The molecule has 0 aromatic heterocycles. The van der Waals surface area contributed by atoms with Gasteiger partial charge in [-0.2, -0.15) is 0 Å². The van der Waals surface area contributed by atoms with Gasteiger partial charge in [-0.15, -0.1) is 0 Å². The fourth-order valence-corrected chi connectivity index (χ4v) is 4.46. The molecule has 0 saturated heterocycles. The first-order chi connectivity index (χ1) is 18.6. The fraction of sp³-hybridized carbons (Fsp3) is 0.0625. The van der Waals surface area contributed by atoms with Crippen LogP contribution < -0.4 is 19.1 Å². The van der Waals surface area contributed by atoms with Crippen molar-refractivity contribution in [2.24, 2.45) is 0 Å². The number of carbonyl (C=O) groups is 2. The maximum atomic E-state index is 13.3. The summed E-state index contributed by atoms with van der Waals surface area (Å²) >= 11 is 0. The number of para-hydroxylation sites is 3. The molecule has 0 fully saturated rings. The van der Waals surface area contributed by atoms with E-state index in [2.05, 4.69) is 0 Å². The van der Waals surface area contributed by atoms with Crippen molar-refractivity contribution < 1.29 is 23.8 Å². The number of hydrogen-bond acceptors (Lipinski definition) is 5. The molecule has 0 unspecified atom stereocenters. The highest BCUT2D eigenvalue weighted by molar-refractivity contribution is 6.12. The Kier molecular flexibility index (Phi) is 5.98. The number of ether oxygens (including phenoxy) is 3. The highest BCUT2D eigenvalue weighted by Crippen LogP contribution is 2.37. The lowest BCUT2D eigenvalue weighted by atomic mass is 10.0. The van der Waals surface area contributed by atoms with Crippen LogP contribution in [0.25, 0.3) is 6.08 Å². The quantitative estimate of drug-likeness (QED) is 0.274. The third-order valence-corrected chi connectivity index (χ3v) is 6.37. The third kappa shape index (κ3) is 4.44. The van der Waals surface area contributed by atoms with Crippen LogP contribution in [0.3, 0.4) is 0 Å². The lowest BCUT2D eigenvalue weighted by Gasteiger charge is -2.22. The molecule has 2 heterocycles. The zero-order chi connectivity index (χ0) is 26.1. The molecule has 0 radical (unpaired) electrons. The second-order valence-corrected chi connectivity index (χ2v) is 8.91. The van der Waals surface area contributed by atoms with Crippen LogP contribution >= 0.6 is 0 Å². The minimum Gasteiger partial charge on any atom is -0.485 e. The molecule has 0 spiro atoms. The molecule has 1 amide bonds. The van der Waals surface area contributed by atoms with Crippen molar-refractivity contribution in [3.05, 3.63) is 132 Å². The number of amides is 1. The smallest absolute Gasteiger partial charge is 0.424 e. The number of nitrogens with zero attached hydrogens (tertiary/aromatic N) is 1. The first kappa shape index (κ1) is 23.3. The molecule has 2 aliphatic heterocycles. The molecule has 6 nitrogen and oxygen atoms in total. The SMILES string of the molecule is C[C@@H]1Oc2ccccc2C=C1/C=C1/Oc2cc(OC(=O)N(c3ccccc3)c3ccccc3)ccc2C1=O. The number of Topliss-reactive ketones (excluding diaryl/α,β-unsaturated/α-hetero) is 1. The number of rotatable bonds is 4.